The lowest BCUT2D eigenvalue weighted by Gasteiger charge is -2.22. The molecule has 25 heavy (non-hydrogen) atoms. The SMILES string of the molecule is CC(C)[C@@H](NC(=O)c1ccc(Cl)cc1)C(=O)NCc1ccc(F)cc1. The zero-order valence-electron chi connectivity index (χ0n) is 14.1. The third-order valence-electron chi connectivity index (χ3n) is 3.72. The molecule has 2 amide bonds. The summed E-state index contributed by atoms with van der Waals surface area (Å²) in [5.41, 5.74) is 1.21. The van der Waals surface area contributed by atoms with Crippen molar-refractivity contribution in [1.29, 1.82) is 0 Å². The molecule has 0 fully saturated rings. The molecule has 0 aliphatic heterocycles. The van der Waals surface area contributed by atoms with Gasteiger partial charge in [-0.3, -0.25) is 9.59 Å². The van der Waals surface area contributed by atoms with Gasteiger partial charge in [0.1, 0.15) is 11.9 Å². The van der Waals surface area contributed by atoms with Crippen LogP contribution in [0.3, 0.4) is 0 Å². The van der Waals surface area contributed by atoms with E-state index >= 15 is 0 Å². The monoisotopic (exact) mass is 362 g/mol. The van der Waals surface area contributed by atoms with Gasteiger partial charge in [-0.25, -0.2) is 4.39 Å². The quantitative estimate of drug-likeness (QED) is 0.825. The van der Waals surface area contributed by atoms with Crippen LogP contribution in [0.1, 0.15) is 29.8 Å². The van der Waals surface area contributed by atoms with Crippen LogP contribution in [-0.2, 0) is 11.3 Å². The second-order valence-electron chi connectivity index (χ2n) is 6.05. The zero-order chi connectivity index (χ0) is 18.4. The largest absolute Gasteiger partial charge is 0.350 e. The van der Waals surface area contributed by atoms with E-state index in [1.165, 1.54) is 12.1 Å². The molecule has 0 spiro atoms. The first-order valence-corrected chi connectivity index (χ1v) is 8.33. The minimum Gasteiger partial charge on any atom is -0.350 e. The third kappa shape index (κ3) is 5.57. The number of amides is 2. The molecule has 2 aromatic rings. The van der Waals surface area contributed by atoms with Gasteiger partial charge in [0.2, 0.25) is 5.91 Å². The highest BCUT2D eigenvalue weighted by molar-refractivity contribution is 6.30. The van der Waals surface area contributed by atoms with Crippen molar-refractivity contribution in [3.63, 3.8) is 0 Å². The Kier molecular flexibility index (Phi) is 6.53. The van der Waals surface area contributed by atoms with Gasteiger partial charge in [-0.1, -0.05) is 37.6 Å². The molecule has 0 aliphatic rings. The molecular formula is C19H20ClFN2O2. The lowest BCUT2D eigenvalue weighted by Crippen LogP contribution is -2.49. The fraction of sp³-hybridized carbons (Fsp3) is 0.263. The average Bonchev–Trinajstić information content (AvgIpc) is 2.59. The van der Waals surface area contributed by atoms with Crippen molar-refractivity contribution < 1.29 is 14.0 Å². The Hall–Kier alpha value is -2.40. The molecular weight excluding hydrogens is 343 g/mol. The minimum absolute atomic E-state index is 0.0931. The van der Waals surface area contributed by atoms with E-state index in [9.17, 15) is 14.0 Å². The molecule has 132 valence electrons. The lowest BCUT2D eigenvalue weighted by atomic mass is 10.0. The van der Waals surface area contributed by atoms with Gasteiger partial charge in [-0.15, -0.1) is 0 Å². The van der Waals surface area contributed by atoms with E-state index in [2.05, 4.69) is 10.6 Å². The maximum atomic E-state index is 12.9. The van der Waals surface area contributed by atoms with Crippen LogP contribution in [0.5, 0.6) is 0 Å². The van der Waals surface area contributed by atoms with E-state index < -0.39 is 6.04 Å². The van der Waals surface area contributed by atoms with Crippen molar-refractivity contribution in [1.82, 2.24) is 10.6 Å². The summed E-state index contributed by atoms with van der Waals surface area (Å²) in [5, 5.41) is 6.05. The average molecular weight is 363 g/mol. The van der Waals surface area contributed by atoms with E-state index in [1.807, 2.05) is 13.8 Å². The molecule has 0 heterocycles. The van der Waals surface area contributed by atoms with Crippen LogP contribution in [0, 0.1) is 11.7 Å². The fourth-order valence-electron chi connectivity index (χ4n) is 2.26. The summed E-state index contributed by atoms with van der Waals surface area (Å²) in [7, 11) is 0. The van der Waals surface area contributed by atoms with Gasteiger partial charge in [0.05, 0.1) is 0 Å². The Morgan fingerprint density at radius 2 is 1.64 bits per heavy atom. The summed E-state index contributed by atoms with van der Waals surface area (Å²) in [6.07, 6.45) is 0. The summed E-state index contributed by atoms with van der Waals surface area (Å²) in [5.74, 6) is -1.05. The van der Waals surface area contributed by atoms with Crippen molar-refractivity contribution in [2.45, 2.75) is 26.4 Å². The molecule has 0 bridgehead atoms. The smallest absolute Gasteiger partial charge is 0.251 e. The summed E-state index contributed by atoms with van der Waals surface area (Å²) in [6, 6.07) is 11.7. The molecule has 0 unspecified atom stereocenters. The molecule has 4 nitrogen and oxygen atoms in total. The van der Waals surface area contributed by atoms with E-state index in [4.69, 9.17) is 11.6 Å². The van der Waals surface area contributed by atoms with Crippen molar-refractivity contribution in [3.05, 3.63) is 70.5 Å². The van der Waals surface area contributed by atoms with Crippen LogP contribution in [0.2, 0.25) is 5.02 Å². The first-order valence-electron chi connectivity index (χ1n) is 7.95. The van der Waals surface area contributed by atoms with Gasteiger partial charge in [0.15, 0.2) is 0 Å². The molecule has 2 N–H and O–H groups in total. The number of halogens is 2. The highest BCUT2D eigenvalue weighted by Gasteiger charge is 2.24. The normalized spacial score (nSPS) is 11.9. The van der Waals surface area contributed by atoms with Gasteiger partial charge in [-0.2, -0.15) is 0 Å². The molecule has 1 atom stereocenters. The Morgan fingerprint density at radius 3 is 2.20 bits per heavy atom. The second kappa shape index (κ2) is 8.62. The van der Waals surface area contributed by atoms with E-state index in [0.29, 0.717) is 10.6 Å². The first-order chi connectivity index (χ1) is 11.9. The number of benzene rings is 2. The minimum atomic E-state index is -0.677. The Morgan fingerprint density at radius 1 is 1.04 bits per heavy atom. The number of carbonyl (C=O) groups excluding carboxylic acids is 2. The lowest BCUT2D eigenvalue weighted by molar-refractivity contribution is -0.124. The van der Waals surface area contributed by atoms with Crippen LogP contribution in [0.15, 0.2) is 48.5 Å². The Labute approximate surface area is 151 Å². The van der Waals surface area contributed by atoms with Crippen molar-refractivity contribution in [3.8, 4) is 0 Å². The van der Waals surface area contributed by atoms with Crippen LogP contribution in [0.25, 0.3) is 0 Å². The van der Waals surface area contributed by atoms with Crippen molar-refractivity contribution in [2.75, 3.05) is 0 Å². The number of hydrogen-bond donors (Lipinski definition) is 2. The topological polar surface area (TPSA) is 58.2 Å². The van der Waals surface area contributed by atoms with Crippen LogP contribution in [-0.4, -0.2) is 17.9 Å². The third-order valence-corrected chi connectivity index (χ3v) is 3.97. The maximum absolute atomic E-state index is 12.9. The summed E-state index contributed by atoms with van der Waals surface area (Å²) in [4.78, 5) is 24.7. The number of hydrogen-bond acceptors (Lipinski definition) is 2. The summed E-state index contributed by atoms with van der Waals surface area (Å²) in [6.45, 7) is 3.97. The van der Waals surface area contributed by atoms with E-state index in [0.717, 1.165) is 5.56 Å². The van der Waals surface area contributed by atoms with E-state index in [-0.39, 0.29) is 30.1 Å². The Balaban J connectivity index is 1.98. The van der Waals surface area contributed by atoms with Crippen LogP contribution in [0.4, 0.5) is 4.39 Å². The molecule has 0 aliphatic carbocycles. The molecule has 2 aromatic carbocycles. The van der Waals surface area contributed by atoms with E-state index in [1.54, 1.807) is 36.4 Å². The standard InChI is InChI=1S/C19H20ClFN2O2/c1-12(2)17(23-18(24)14-5-7-15(20)8-6-14)19(25)22-11-13-3-9-16(21)10-4-13/h3-10,12,17H,11H2,1-2H3,(H,22,25)(H,23,24)/t17-/m1/s1. The highest BCUT2D eigenvalue weighted by Crippen LogP contribution is 2.11. The van der Waals surface area contributed by atoms with Gasteiger partial charge in [-0.05, 0) is 47.9 Å². The number of rotatable bonds is 6. The van der Waals surface area contributed by atoms with Crippen molar-refractivity contribution in [2.24, 2.45) is 5.92 Å². The fourth-order valence-corrected chi connectivity index (χ4v) is 2.39. The van der Waals surface area contributed by atoms with Gasteiger partial charge >= 0.3 is 0 Å². The predicted octanol–water partition coefficient (Wildman–Crippen LogP) is 3.55. The molecule has 0 saturated carbocycles. The second-order valence-corrected chi connectivity index (χ2v) is 6.48. The van der Waals surface area contributed by atoms with Gasteiger partial charge < -0.3 is 10.6 Å². The molecule has 0 aromatic heterocycles. The van der Waals surface area contributed by atoms with Gasteiger partial charge in [0, 0.05) is 17.1 Å². The number of carbonyl (C=O) groups is 2. The molecule has 6 heteroatoms. The first kappa shape index (κ1) is 18.9. The Bertz CT molecular complexity index is 730. The zero-order valence-corrected chi connectivity index (χ0v) is 14.8. The summed E-state index contributed by atoms with van der Waals surface area (Å²) >= 11 is 5.81. The molecule has 0 radical (unpaired) electrons. The maximum Gasteiger partial charge on any atom is 0.251 e. The van der Waals surface area contributed by atoms with Crippen molar-refractivity contribution >= 4 is 23.4 Å². The predicted molar refractivity (Wildman–Crippen MR) is 95.8 cm³/mol. The molecule has 0 saturated heterocycles. The van der Waals surface area contributed by atoms with Crippen LogP contribution < -0.4 is 10.6 Å². The molecule has 2 rings (SSSR count). The summed E-state index contributed by atoms with van der Waals surface area (Å²) < 4.78 is 12.9. The van der Waals surface area contributed by atoms with Gasteiger partial charge in [0.25, 0.3) is 5.91 Å². The highest BCUT2D eigenvalue weighted by atomic mass is 35.5. The number of nitrogens with one attached hydrogen (secondary N) is 2. The van der Waals surface area contributed by atoms with Crippen LogP contribution >= 0.6 is 11.6 Å².